The fourth-order valence-corrected chi connectivity index (χ4v) is 3.97. The summed E-state index contributed by atoms with van der Waals surface area (Å²) in [5, 5.41) is 0. The van der Waals surface area contributed by atoms with Gasteiger partial charge in [-0.25, -0.2) is 0 Å². The summed E-state index contributed by atoms with van der Waals surface area (Å²) in [5.41, 5.74) is 3.56. The molecule has 3 aromatic carbocycles. The third-order valence-electron chi connectivity index (χ3n) is 5.90. The first kappa shape index (κ1) is 20.9. The van der Waals surface area contributed by atoms with Gasteiger partial charge in [0, 0.05) is 0 Å². The Morgan fingerprint density at radius 1 is 0.594 bits per heavy atom. The number of fused-ring (bicyclic) bond motifs is 2. The largest absolute Gasteiger partial charge is 0.491 e. The van der Waals surface area contributed by atoms with Gasteiger partial charge in [-0.1, -0.05) is 53.1 Å². The fourth-order valence-electron chi connectivity index (χ4n) is 3.97. The first-order valence-corrected chi connectivity index (χ1v) is 11.0. The minimum atomic E-state index is -0.439. The Morgan fingerprint density at radius 3 is 1.59 bits per heavy atom. The van der Waals surface area contributed by atoms with Crippen molar-refractivity contribution in [2.45, 2.75) is 51.5 Å². The molecule has 0 amide bonds. The predicted molar refractivity (Wildman–Crippen MR) is 121 cm³/mol. The average Bonchev–Trinajstić information content (AvgIpc) is 2.80. The standard InChI is InChI=1S/C27H28O5/c1-17-4-10-20(11-5-17)28-16-23-24(29-21-12-6-18(2)7-13-21)25-26(27(31-23)32-25)30-22-14-8-19(3)9-15-22/h4-15,23-27H,16H2,1-3H3/t23-,24-,25?,26-,27?/m1/s1. The maximum atomic E-state index is 6.36. The molecule has 2 bridgehead atoms. The molecule has 0 spiro atoms. The van der Waals surface area contributed by atoms with Crippen LogP contribution in [-0.2, 0) is 9.47 Å². The van der Waals surface area contributed by atoms with E-state index < -0.39 is 6.29 Å². The summed E-state index contributed by atoms with van der Waals surface area (Å²) in [6.45, 7) is 6.53. The van der Waals surface area contributed by atoms with Gasteiger partial charge < -0.3 is 23.7 Å². The van der Waals surface area contributed by atoms with Crippen LogP contribution in [0.1, 0.15) is 16.7 Å². The number of hydrogen-bond donors (Lipinski definition) is 0. The number of hydrogen-bond acceptors (Lipinski definition) is 5. The lowest BCUT2D eigenvalue weighted by Crippen LogP contribution is -2.73. The Bertz CT molecular complexity index is 1030. The van der Waals surface area contributed by atoms with Crippen LogP contribution in [0.5, 0.6) is 17.2 Å². The summed E-state index contributed by atoms with van der Waals surface area (Å²) < 4.78 is 30.8. The number of aryl methyl sites for hydroxylation is 3. The van der Waals surface area contributed by atoms with E-state index in [1.807, 2.05) is 72.8 Å². The lowest BCUT2D eigenvalue weighted by atomic mass is 9.93. The van der Waals surface area contributed by atoms with E-state index in [2.05, 4.69) is 20.8 Å². The Hall–Kier alpha value is -3.02. The van der Waals surface area contributed by atoms with Crippen molar-refractivity contribution in [2.75, 3.05) is 6.61 Å². The molecule has 3 saturated heterocycles. The van der Waals surface area contributed by atoms with Crippen LogP contribution in [-0.4, -0.2) is 37.3 Å². The highest BCUT2D eigenvalue weighted by Crippen LogP contribution is 2.39. The van der Waals surface area contributed by atoms with Crippen molar-refractivity contribution >= 4 is 0 Å². The summed E-state index contributed by atoms with van der Waals surface area (Å²) in [6, 6.07) is 24.0. The summed E-state index contributed by atoms with van der Waals surface area (Å²) in [6.07, 6.45) is -1.56. The quantitative estimate of drug-likeness (QED) is 0.525. The van der Waals surface area contributed by atoms with Crippen LogP contribution in [0, 0.1) is 20.8 Å². The van der Waals surface area contributed by atoms with Crippen molar-refractivity contribution in [1.82, 2.24) is 0 Å². The molecule has 0 aromatic heterocycles. The predicted octanol–water partition coefficient (Wildman–Crippen LogP) is 5.01. The third kappa shape index (κ3) is 4.45. The van der Waals surface area contributed by atoms with Gasteiger partial charge in [-0.3, -0.25) is 0 Å². The summed E-state index contributed by atoms with van der Waals surface area (Å²) in [4.78, 5) is 0. The van der Waals surface area contributed by atoms with Gasteiger partial charge in [0.15, 0.2) is 18.5 Å². The zero-order chi connectivity index (χ0) is 22.1. The number of rotatable bonds is 7. The van der Waals surface area contributed by atoms with Crippen molar-refractivity contribution in [2.24, 2.45) is 0 Å². The molecule has 5 atom stereocenters. The van der Waals surface area contributed by atoms with Gasteiger partial charge >= 0.3 is 0 Å². The van der Waals surface area contributed by atoms with Gasteiger partial charge in [-0.05, 0) is 57.2 Å². The zero-order valence-corrected chi connectivity index (χ0v) is 18.6. The van der Waals surface area contributed by atoms with E-state index in [1.165, 1.54) is 16.7 Å². The normalized spacial score (nSPS) is 26.2. The van der Waals surface area contributed by atoms with Crippen molar-refractivity contribution in [3.63, 3.8) is 0 Å². The molecule has 5 nitrogen and oxygen atoms in total. The van der Waals surface area contributed by atoms with Crippen molar-refractivity contribution in [1.29, 1.82) is 0 Å². The van der Waals surface area contributed by atoms with Crippen LogP contribution in [0.2, 0.25) is 0 Å². The van der Waals surface area contributed by atoms with Gasteiger partial charge in [0.25, 0.3) is 0 Å². The van der Waals surface area contributed by atoms with Crippen molar-refractivity contribution < 1.29 is 23.7 Å². The summed E-state index contributed by atoms with van der Waals surface area (Å²) in [7, 11) is 0. The second-order valence-corrected chi connectivity index (χ2v) is 8.56. The molecule has 5 heteroatoms. The molecule has 0 radical (unpaired) electrons. The first-order valence-electron chi connectivity index (χ1n) is 11.0. The van der Waals surface area contributed by atoms with Crippen LogP contribution in [0.25, 0.3) is 0 Å². The molecule has 166 valence electrons. The van der Waals surface area contributed by atoms with Crippen LogP contribution >= 0.6 is 0 Å². The Labute approximate surface area is 188 Å². The molecule has 3 aliphatic heterocycles. The molecule has 3 fully saturated rings. The van der Waals surface area contributed by atoms with E-state index in [1.54, 1.807) is 0 Å². The van der Waals surface area contributed by atoms with Gasteiger partial charge in [-0.2, -0.15) is 0 Å². The van der Waals surface area contributed by atoms with Crippen molar-refractivity contribution in [3.05, 3.63) is 89.5 Å². The fraction of sp³-hybridized carbons (Fsp3) is 0.333. The maximum absolute atomic E-state index is 6.36. The SMILES string of the molecule is Cc1ccc(OC[C@H]2OC3OC([C@H]3Oc3ccc(C)cc3)[C@@H]2Oc2ccc(C)cc2)cc1. The highest BCUT2D eigenvalue weighted by molar-refractivity contribution is 5.29. The molecular formula is C27H28O5. The van der Waals surface area contributed by atoms with Gasteiger partial charge in [0.2, 0.25) is 0 Å². The van der Waals surface area contributed by atoms with Gasteiger partial charge in [-0.15, -0.1) is 0 Å². The van der Waals surface area contributed by atoms with E-state index in [4.69, 9.17) is 23.7 Å². The highest BCUT2D eigenvalue weighted by Gasteiger charge is 2.59. The lowest BCUT2D eigenvalue weighted by Gasteiger charge is -2.53. The van der Waals surface area contributed by atoms with Crippen LogP contribution in [0.15, 0.2) is 72.8 Å². The Morgan fingerprint density at radius 2 is 1.06 bits per heavy atom. The third-order valence-corrected chi connectivity index (χ3v) is 5.90. The van der Waals surface area contributed by atoms with Gasteiger partial charge in [0.05, 0.1) is 0 Å². The van der Waals surface area contributed by atoms with Crippen LogP contribution in [0.4, 0.5) is 0 Å². The van der Waals surface area contributed by atoms with Gasteiger partial charge in [0.1, 0.15) is 36.1 Å². The van der Waals surface area contributed by atoms with E-state index in [0.717, 1.165) is 17.2 Å². The number of benzene rings is 3. The Balaban J connectivity index is 1.31. The average molecular weight is 433 g/mol. The molecule has 3 aliphatic rings. The monoisotopic (exact) mass is 432 g/mol. The Kier molecular flexibility index (Phi) is 5.77. The minimum Gasteiger partial charge on any atom is -0.491 e. The molecule has 2 unspecified atom stereocenters. The minimum absolute atomic E-state index is 0.233. The topological polar surface area (TPSA) is 46.2 Å². The van der Waals surface area contributed by atoms with E-state index in [-0.39, 0.29) is 24.4 Å². The van der Waals surface area contributed by atoms with Crippen molar-refractivity contribution in [3.8, 4) is 17.2 Å². The smallest absolute Gasteiger partial charge is 0.198 e. The maximum Gasteiger partial charge on any atom is 0.198 e. The van der Waals surface area contributed by atoms with E-state index in [9.17, 15) is 0 Å². The molecule has 0 N–H and O–H groups in total. The van der Waals surface area contributed by atoms with E-state index in [0.29, 0.717) is 6.61 Å². The molecule has 0 aliphatic carbocycles. The highest BCUT2D eigenvalue weighted by atomic mass is 16.8. The molecule has 32 heavy (non-hydrogen) atoms. The lowest BCUT2D eigenvalue weighted by molar-refractivity contribution is -0.397. The second kappa shape index (κ2) is 8.85. The first-order chi connectivity index (χ1) is 15.5. The van der Waals surface area contributed by atoms with Crippen LogP contribution in [0.3, 0.4) is 0 Å². The van der Waals surface area contributed by atoms with E-state index >= 15 is 0 Å². The molecule has 6 rings (SSSR count). The summed E-state index contributed by atoms with van der Waals surface area (Å²) in [5.74, 6) is 2.37. The molecule has 0 saturated carbocycles. The molecular weight excluding hydrogens is 404 g/mol. The molecule has 3 aromatic rings. The number of ether oxygens (including phenoxy) is 5. The summed E-state index contributed by atoms with van der Waals surface area (Å²) >= 11 is 0. The second-order valence-electron chi connectivity index (χ2n) is 8.56. The zero-order valence-electron chi connectivity index (χ0n) is 18.6. The molecule has 3 heterocycles. The van der Waals surface area contributed by atoms with Crippen LogP contribution < -0.4 is 14.2 Å².